The number of nitrogens with two attached hydrogens (primary N) is 1. The molecule has 1 amide bonds. The van der Waals surface area contributed by atoms with E-state index in [0.29, 0.717) is 42.8 Å². The smallest absolute Gasteiger partial charge is 0.271 e. The summed E-state index contributed by atoms with van der Waals surface area (Å²) >= 11 is 0. The van der Waals surface area contributed by atoms with Crippen LogP contribution >= 0.6 is 0 Å². The van der Waals surface area contributed by atoms with Crippen LogP contribution in [-0.4, -0.2) is 65.1 Å². The zero-order valence-corrected chi connectivity index (χ0v) is 17.0. The number of anilines is 1. The highest BCUT2D eigenvalue weighted by Crippen LogP contribution is 2.33. The molecule has 1 saturated carbocycles. The molecule has 0 aromatic carbocycles. The minimum atomic E-state index is -0.145. The highest BCUT2D eigenvalue weighted by Gasteiger charge is 2.37. The van der Waals surface area contributed by atoms with E-state index in [4.69, 9.17) is 10.5 Å². The second-order valence-corrected chi connectivity index (χ2v) is 7.68. The van der Waals surface area contributed by atoms with E-state index in [9.17, 15) is 9.59 Å². The van der Waals surface area contributed by atoms with Crippen LogP contribution in [-0.2, 0) is 4.79 Å². The monoisotopic (exact) mass is 410 g/mol. The van der Waals surface area contributed by atoms with Crippen LogP contribution in [0, 0.1) is 5.92 Å². The standard InChI is InChI=1S/C21H26N6O3/c1-30-19-8-17(24-13-25-19)15-7-18(21(29)23-9-15)27(10-14-4-5-14)16-11-26(12-16)20(28)3-2-6-22/h2-3,7-9,13-14,16H,4-6,10-12,22H2,1H3,(H,23,29)/b3-2+. The topological polar surface area (TPSA) is 117 Å². The molecule has 0 radical (unpaired) electrons. The molecule has 0 spiro atoms. The number of H-pyrrole nitrogens is 1. The molecule has 1 aliphatic carbocycles. The first-order chi connectivity index (χ1) is 14.6. The third-order valence-corrected chi connectivity index (χ3v) is 5.50. The van der Waals surface area contributed by atoms with E-state index in [1.807, 2.05) is 6.07 Å². The first-order valence-electron chi connectivity index (χ1n) is 10.1. The summed E-state index contributed by atoms with van der Waals surface area (Å²) in [6, 6.07) is 3.70. The Bertz CT molecular complexity index is 994. The zero-order chi connectivity index (χ0) is 21.1. The summed E-state index contributed by atoms with van der Waals surface area (Å²) < 4.78 is 5.18. The maximum atomic E-state index is 12.7. The van der Waals surface area contributed by atoms with Crippen molar-refractivity contribution in [2.75, 3.05) is 38.2 Å². The average Bonchev–Trinajstić information content (AvgIpc) is 3.55. The van der Waals surface area contributed by atoms with Crippen molar-refractivity contribution in [1.29, 1.82) is 0 Å². The molecule has 2 aromatic rings. The zero-order valence-electron chi connectivity index (χ0n) is 17.0. The van der Waals surface area contributed by atoms with E-state index in [0.717, 1.165) is 12.1 Å². The second-order valence-electron chi connectivity index (χ2n) is 7.68. The number of aromatic nitrogens is 3. The number of carbonyl (C=O) groups is 1. The normalized spacial score (nSPS) is 16.5. The van der Waals surface area contributed by atoms with Gasteiger partial charge >= 0.3 is 0 Å². The van der Waals surface area contributed by atoms with Crippen molar-refractivity contribution in [2.45, 2.75) is 18.9 Å². The largest absolute Gasteiger partial charge is 0.481 e. The molecule has 2 fully saturated rings. The number of rotatable bonds is 8. The number of amides is 1. The van der Waals surface area contributed by atoms with Crippen LogP contribution in [0.5, 0.6) is 5.88 Å². The van der Waals surface area contributed by atoms with E-state index >= 15 is 0 Å². The van der Waals surface area contributed by atoms with Crippen LogP contribution in [0.2, 0.25) is 0 Å². The van der Waals surface area contributed by atoms with Gasteiger partial charge in [0.05, 0.1) is 18.8 Å². The Hall–Kier alpha value is -3.20. The molecular formula is C21H26N6O3. The predicted molar refractivity (Wildman–Crippen MR) is 113 cm³/mol. The number of aromatic amines is 1. The summed E-state index contributed by atoms with van der Waals surface area (Å²) in [5.41, 5.74) is 7.34. The summed E-state index contributed by atoms with van der Waals surface area (Å²) in [7, 11) is 1.55. The highest BCUT2D eigenvalue weighted by atomic mass is 16.5. The molecule has 158 valence electrons. The quantitative estimate of drug-likeness (QED) is 0.618. The van der Waals surface area contributed by atoms with Crippen LogP contribution in [0.15, 0.2) is 41.6 Å². The van der Waals surface area contributed by atoms with Crippen LogP contribution < -0.4 is 20.9 Å². The lowest BCUT2D eigenvalue weighted by molar-refractivity contribution is -0.130. The van der Waals surface area contributed by atoms with Gasteiger partial charge in [-0.15, -0.1) is 0 Å². The van der Waals surface area contributed by atoms with E-state index in [1.165, 1.54) is 25.2 Å². The van der Waals surface area contributed by atoms with Gasteiger partial charge in [0.2, 0.25) is 11.8 Å². The summed E-state index contributed by atoms with van der Waals surface area (Å²) in [6.07, 6.45) is 8.60. The molecule has 30 heavy (non-hydrogen) atoms. The van der Waals surface area contributed by atoms with Crippen LogP contribution in [0.3, 0.4) is 0 Å². The molecule has 0 bridgehead atoms. The Balaban J connectivity index is 1.58. The second kappa shape index (κ2) is 8.66. The minimum Gasteiger partial charge on any atom is -0.481 e. The van der Waals surface area contributed by atoms with Crippen molar-refractivity contribution in [2.24, 2.45) is 11.7 Å². The van der Waals surface area contributed by atoms with Crippen LogP contribution in [0.25, 0.3) is 11.3 Å². The molecular weight excluding hydrogens is 384 g/mol. The third-order valence-electron chi connectivity index (χ3n) is 5.50. The lowest BCUT2D eigenvalue weighted by Crippen LogP contribution is -2.62. The Labute approximate surface area is 174 Å². The summed E-state index contributed by atoms with van der Waals surface area (Å²) in [5, 5.41) is 0. The van der Waals surface area contributed by atoms with Gasteiger partial charge in [-0.05, 0) is 24.8 Å². The lowest BCUT2D eigenvalue weighted by atomic mass is 10.0. The molecule has 9 heteroatoms. The molecule has 4 rings (SSSR count). The fourth-order valence-electron chi connectivity index (χ4n) is 3.57. The molecule has 1 saturated heterocycles. The van der Waals surface area contributed by atoms with E-state index < -0.39 is 0 Å². The van der Waals surface area contributed by atoms with E-state index in [-0.39, 0.29) is 17.5 Å². The van der Waals surface area contributed by atoms with E-state index in [1.54, 1.807) is 30.3 Å². The number of hydrogen-bond donors (Lipinski definition) is 2. The highest BCUT2D eigenvalue weighted by molar-refractivity contribution is 5.88. The van der Waals surface area contributed by atoms with Gasteiger partial charge in [-0.3, -0.25) is 9.59 Å². The SMILES string of the molecule is COc1cc(-c2c[nH]c(=O)c(N(CC3CC3)C3CN(C(=O)/C=C/CN)C3)c2)ncn1. The number of pyridine rings is 1. The Morgan fingerprint density at radius 2 is 2.17 bits per heavy atom. The Kier molecular flexibility index (Phi) is 5.80. The van der Waals surface area contributed by atoms with Gasteiger partial charge in [-0.1, -0.05) is 6.08 Å². The van der Waals surface area contributed by atoms with Gasteiger partial charge < -0.3 is 25.3 Å². The first kappa shape index (κ1) is 20.1. The van der Waals surface area contributed by atoms with Gasteiger partial charge in [0.1, 0.15) is 12.0 Å². The van der Waals surface area contributed by atoms with Crippen LogP contribution in [0.4, 0.5) is 5.69 Å². The number of hydrogen-bond acceptors (Lipinski definition) is 7. The third kappa shape index (κ3) is 4.35. The van der Waals surface area contributed by atoms with Gasteiger partial charge in [0.25, 0.3) is 5.56 Å². The van der Waals surface area contributed by atoms with Crippen molar-refractivity contribution < 1.29 is 9.53 Å². The number of likely N-dealkylation sites (tertiary alicyclic amines) is 1. The first-order valence-corrected chi connectivity index (χ1v) is 10.1. The maximum Gasteiger partial charge on any atom is 0.271 e. The van der Waals surface area contributed by atoms with Crippen molar-refractivity contribution in [3.8, 4) is 17.1 Å². The Morgan fingerprint density at radius 3 is 2.87 bits per heavy atom. The number of nitrogens with zero attached hydrogens (tertiary/aromatic N) is 4. The van der Waals surface area contributed by atoms with Crippen molar-refractivity contribution in [3.63, 3.8) is 0 Å². The van der Waals surface area contributed by atoms with Gasteiger partial charge in [-0.25, -0.2) is 9.97 Å². The molecule has 9 nitrogen and oxygen atoms in total. The summed E-state index contributed by atoms with van der Waals surface area (Å²) in [4.78, 5) is 40.0. The van der Waals surface area contributed by atoms with Crippen molar-refractivity contribution in [3.05, 3.63) is 47.2 Å². The van der Waals surface area contributed by atoms with Crippen molar-refractivity contribution in [1.82, 2.24) is 19.9 Å². The number of nitrogens with one attached hydrogen (secondary N) is 1. The van der Waals surface area contributed by atoms with Gasteiger partial charge in [0, 0.05) is 50.1 Å². The van der Waals surface area contributed by atoms with Gasteiger partial charge in [-0.2, -0.15) is 0 Å². The molecule has 3 heterocycles. The molecule has 0 atom stereocenters. The maximum absolute atomic E-state index is 12.7. The van der Waals surface area contributed by atoms with Gasteiger partial charge in [0.15, 0.2) is 0 Å². The Morgan fingerprint density at radius 1 is 1.37 bits per heavy atom. The average molecular weight is 410 g/mol. The number of ether oxygens (including phenoxy) is 1. The fraction of sp³-hybridized carbons (Fsp3) is 0.429. The molecule has 2 aliphatic rings. The fourth-order valence-corrected chi connectivity index (χ4v) is 3.57. The van der Waals surface area contributed by atoms with Crippen LogP contribution in [0.1, 0.15) is 12.8 Å². The number of methoxy groups -OCH3 is 1. The minimum absolute atomic E-state index is 0.0428. The van der Waals surface area contributed by atoms with E-state index in [2.05, 4.69) is 19.9 Å². The lowest BCUT2D eigenvalue weighted by Gasteiger charge is -2.46. The molecule has 1 aliphatic heterocycles. The number of carbonyl (C=O) groups excluding carboxylic acids is 1. The van der Waals surface area contributed by atoms with Crippen molar-refractivity contribution >= 4 is 11.6 Å². The summed E-state index contributed by atoms with van der Waals surface area (Å²) in [6.45, 7) is 2.33. The predicted octanol–water partition coefficient (Wildman–Crippen LogP) is 0.783. The molecule has 3 N–H and O–H groups in total. The summed E-state index contributed by atoms with van der Waals surface area (Å²) in [5.74, 6) is 1.01. The molecule has 2 aromatic heterocycles. The molecule has 0 unspecified atom stereocenters.